The predicted octanol–water partition coefficient (Wildman–Crippen LogP) is 2.70. The van der Waals surface area contributed by atoms with Gasteiger partial charge in [-0.15, -0.1) is 0 Å². The topological polar surface area (TPSA) is 68.5 Å². The summed E-state index contributed by atoms with van der Waals surface area (Å²) in [7, 11) is 1.72. The van der Waals surface area contributed by atoms with E-state index >= 15 is 0 Å². The average Bonchev–Trinajstić information content (AvgIpc) is 2.09. The highest BCUT2D eigenvalue weighted by molar-refractivity contribution is 14.1. The number of anilines is 1. The van der Waals surface area contributed by atoms with Gasteiger partial charge < -0.3 is 10.4 Å². The Bertz CT molecular complexity index is 314. The molecule has 0 aliphatic heterocycles. The van der Waals surface area contributed by atoms with Gasteiger partial charge in [-0.1, -0.05) is 0 Å². The van der Waals surface area contributed by atoms with E-state index in [9.17, 15) is 5.11 Å². The van der Waals surface area contributed by atoms with Crippen molar-refractivity contribution in [3.8, 4) is 5.75 Å². The van der Waals surface area contributed by atoms with Gasteiger partial charge in [0.2, 0.25) is 0 Å². The molecule has 0 fully saturated rings. The zero-order chi connectivity index (χ0) is 9.14. The largest absolute Gasteiger partial charge is 0.507 e. The Kier molecular flexibility index (Phi) is 2.85. The quantitative estimate of drug-likeness (QED) is 0.574. The van der Waals surface area contributed by atoms with Crippen LogP contribution in [0.25, 0.3) is 0 Å². The smallest absolute Gasteiger partial charge is 0.131 e. The molecule has 0 saturated carbocycles. The number of nitrogens with one attached hydrogen (secondary N) is 2. The molecule has 0 radical (unpaired) electrons. The van der Waals surface area contributed by atoms with E-state index in [0.717, 1.165) is 0 Å². The van der Waals surface area contributed by atoms with Crippen LogP contribution in [-0.2, 0) is 0 Å². The minimum atomic E-state index is 0.201. The fourth-order valence-corrected chi connectivity index (χ4v) is 1.29. The average molecular weight is 277 g/mol. The number of hydrogen-bond donors (Lipinski definition) is 3. The third-order valence-electron chi connectivity index (χ3n) is 1.45. The van der Waals surface area contributed by atoms with Crippen LogP contribution in [0.3, 0.4) is 0 Å². The zero-order valence-electron chi connectivity index (χ0n) is 6.43. The molecule has 0 aromatic heterocycles. The monoisotopic (exact) mass is 277 g/mol. The highest BCUT2D eigenvalue weighted by Gasteiger charge is 2.04. The highest BCUT2D eigenvalue weighted by Crippen LogP contribution is 2.32. The molecular weight excluding hydrogens is 269 g/mol. The number of halogens is 1. The molecule has 5 heteroatoms. The van der Waals surface area contributed by atoms with Gasteiger partial charge in [0.1, 0.15) is 11.4 Å². The second-order valence-corrected chi connectivity index (χ2v) is 3.34. The summed E-state index contributed by atoms with van der Waals surface area (Å²) in [4.78, 5) is 0. The van der Waals surface area contributed by atoms with Gasteiger partial charge >= 0.3 is 0 Å². The summed E-state index contributed by atoms with van der Waals surface area (Å²) in [5.74, 6) is 0.201. The van der Waals surface area contributed by atoms with Crippen LogP contribution < -0.4 is 5.32 Å². The second-order valence-electron chi connectivity index (χ2n) is 2.18. The minimum Gasteiger partial charge on any atom is -0.507 e. The Morgan fingerprint density at radius 1 is 1.58 bits per heavy atom. The maximum absolute atomic E-state index is 9.30. The minimum absolute atomic E-state index is 0.201. The molecule has 4 nitrogen and oxygen atoms in total. The van der Waals surface area contributed by atoms with Crippen molar-refractivity contribution in [1.82, 2.24) is 0 Å². The lowest BCUT2D eigenvalue weighted by Gasteiger charge is -2.05. The summed E-state index contributed by atoms with van der Waals surface area (Å²) in [6.07, 6.45) is 0. The SMILES string of the molecule is CNc1cc(O)c(I)cc1N=N. The highest BCUT2D eigenvalue weighted by atomic mass is 127. The van der Waals surface area contributed by atoms with Crippen molar-refractivity contribution in [2.75, 3.05) is 12.4 Å². The molecule has 0 aliphatic rings. The van der Waals surface area contributed by atoms with Crippen LogP contribution in [0.1, 0.15) is 0 Å². The molecule has 64 valence electrons. The van der Waals surface area contributed by atoms with E-state index in [1.807, 2.05) is 22.6 Å². The van der Waals surface area contributed by atoms with Crippen molar-refractivity contribution in [3.05, 3.63) is 15.7 Å². The lowest BCUT2D eigenvalue weighted by molar-refractivity contribution is 0.472. The van der Waals surface area contributed by atoms with Crippen LogP contribution in [0.4, 0.5) is 11.4 Å². The van der Waals surface area contributed by atoms with Gasteiger partial charge in [0, 0.05) is 13.1 Å². The molecule has 1 rings (SSSR count). The van der Waals surface area contributed by atoms with Crippen LogP contribution in [0.2, 0.25) is 0 Å². The van der Waals surface area contributed by atoms with E-state index in [-0.39, 0.29) is 5.75 Å². The van der Waals surface area contributed by atoms with Gasteiger partial charge in [-0.3, -0.25) is 0 Å². The van der Waals surface area contributed by atoms with Crippen molar-refractivity contribution in [2.24, 2.45) is 5.11 Å². The van der Waals surface area contributed by atoms with E-state index in [1.54, 1.807) is 19.2 Å². The summed E-state index contributed by atoms with van der Waals surface area (Å²) in [5.41, 5.74) is 8.04. The van der Waals surface area contributed by atoms with Crippen LogP contribution >= 0.6 is 22.6 Å². The molecule has 0 heterocycles. The summed E-state index contributed by atoms with van der Waals surface area (Å²) < 4.78 is 0.692. The molecule has 0 unspecified atom stereocenters. The Morgan fingerprint density at radius 3 is 2.75 bits per heavy atom. The van der Waals surface area contributed by atoms with E-state index in [2.05, 4.69) is 10.4 Å². The second kappa shape index (κ2) is 3.70. The van der Waals surface area contributed by atoms with Crippen molar-refractivity contribution in [1.29, 1.82) is 5.53 Å². The normalized spacial score (nSPS) is 9.50. The molecule has 0 amide bonds. The Hall–Kier alpha value is -0.850. The number of phenolic OH excluding ortho intramolecular Hbond substituents is 1. The first-order valence-electron chi connectivity index (χ1n) is 3.26. The Morgan fingerprint density at radius 2 is 2.25 bits per heavy atom. The molecule has 12 heavy (non-hydrogen) atoms. The molecule has 0 saturated heterocycles. The lowest BCUT2D eigenvalue weighted by atomic mass is 10.2. The summed E-state index contributed by atoms with van der Waals surface area (Å²) in [6.45, 7) is 0. The van der Waals surface area contributed by atoms with Crippen molar-refractivity contribution in [3.63, 3.8) is 0 Å². The van der Waals surface area contributed by atoms with Crippen LogP contribution in [-0.4, -0.2) is 12.2 Å². The third-order valence-corrected chi connectivity index (χ3v) is 2.32. The first kappa shape index (κ1) is 9.24. The fraction of sp³-hybridized carbons (Fsp3) is 0.143. The molecule has 0 spiro atoms. The lowest BCUT2D eigenvalue weighted by Crippen LogP contribution is -1.88. The van der Waals surface area contributed by atoms with Gasteiger partial charge in [0.15, 0.2) is 0 Å². The molecule has 0 bridgehead atoms. The Labute approximate surface area is 83.6 Å². The first-order valence-corrected chi connectivity index (χ1v) is 4.34. The molecule has 0 atom stereocenters. The van der Waals surface area contributed by atoms with Crippen LogP contribution in [0, 0.1) is 9.10 Å². The predicted molar refractivity (Wildman–Crippen MR) is 55.2 cm³/mol. The van der Waals surface area contributed by atoms with E-state index in [1.165, 1.54) is 0 Å². The maximum atomic E-state index is 9.30. The van der Waals surface area contributed by atoms with Crippen LogP contribution in [0.5, 0.6) is 5.75 Å². The zero-order valence-corrected chi connectivity index (χ0v) is 8.58. The third kappa shape index (κ3) is 1.66. The summed E-state index contributed by atoms with van der Waals surface area (Å²) >= 11 is 1.99. The van der Waals surface area contributed by atoms with Gasteiger partial charge in [0.05, 0.1) is 9.26 Å². The fourth-order valence-electron chi connectivity index (χ4n) is 0.844. The molecule has 3 N–H and O–H groups in total. The number of rotatable bonds is 2. The number of phenols is 1. The summed E-state index contributed by atoms with van der Waals surface area (Å²) in [5, 5.41) is 15.5. The maximum Gasteiger partial charge on any atom is 0.131 e. The Balaban J connectivity index is 3.28. The number of benzene rings is 1. The van der Waals surface area contributed by atoms with Crippen molar-refractivity contribution in [2.45, 2.75) is 0 Å². The summed E-state index contributed by atoms with van der Waals surface area (Å²) in [6, 6.07) is 3.20. The molecule has 0 aliphatic carbocycles. The van der Waals surface area contributed by atoms with Gasteiger partial charge in [-0.2, -0.15) is 5.11 Å². The van der Waals surface area contributed by atoms with Gasteiger partial charge in [-0.25, -0.2) is 5.53 Å². The van der Waals surface area contributed by atoms with Gasteiger partial charge in [-0.05, 0) is 28.7 Å². The van der Waals surface area contributed by atoms with E-state index in [0.29, 0.717) is 14.9 Å². The van der Waals surface area contributed by atoms with Crippen LogP contribution in [0.15, 0.2) is 17.2 Å². The van der Waals surface area contributed by atoms with Crippen molar-refractivity contribution >= 4 is 34.0 Å². The molecule has 1 aromatic rings. The standard InChI is InChI=1S/C7H8IN3O/c1-10-5-3-7(12)4(8)2-6(5)11-9/h2-3,9-10,12H,1H3. The van der Waals surface area contributed by atoms with Gasteiger partial charge in [0.25, 0.3) is 0 Å². The number of nitrogens with zero attached hydrogens (tertiary/aromatic N) is 1. The number of hydrogen-bond acceptors (Lipinski definition) is 4. The molecular formula is C7H8IN3O. The van der Waals surface area contributed by atoms with E-state index in [4.69, 9.17) is 5.53 Å². The molecule has 1 aromatic carbocycles. The number of aromatic hydroxyl groups is 1. The first-order chi connectivity index (χ1) is 5.69. The van der Waals surface area contributed by atoms with Crippen molar-refractivity contribution < 1.29 is 5.11 Å². The van der Waals surface area contributed by atoms with E-state index < -0.39 is 0 Å².